The van der Waals surface area contributed by atoms with Gasteiger partial charge in [-0.15, -0.1) is 0 Å². The minimum absolute atomic E-state index is 0.155. The Morgan fingerprint density at radius 3 is 2.60 bits per heavy atom. The summed E-state index contributed by atoms with van der Waals surface area (Å²) in [5.41, 5.74) is -2.35. The lowest BCUT2D eigenvalue weighted by molar-refractivity contribution is -0.159. The molecule has 0 radical (unpaired) electrons. The van der Waals surface area contributed by atoms with Gasteiger partial charge in [0.25, 0.3) is 0 Å². The summed E-state index contributed by atoms with van der Waals surface area (Å²) in [4.78, 5) is 24.3. The van der Waals surface area contributed by atoms with Crippen LogP contribution in [0.5, 0.6) is 0 Å². The van der Waals surface area contributed by atoms with E-state index in [2.05, 4.69) is 13.2 Å². The minimum atomic E-state index is -1.55. The zero-order valence-electron chi connectivity index (χ0n) is 14.7. The fourth-order valence-electron chi connectivity index (χ4n) is 4.12. The van der Waals surface area contributed by atoms with Gasteiger partial charge in [-0.2, -0.15) is 0 Å². The molecule has 0 aromatic rings. The second-order valence-corrected chi connectivity index (χ2v) is 7.72. The van der Waals surface area contributed by atoms with Crippen LogP contribution in [-0.2, 0) is 19.1 Å². The van der Waals surface area contributed by atoms with Crippen LogP contribution in [0.3, 0.4) is 0 Å². The summed E-state index contributed by atoms with van der Waals surface area (Å²) < 4.78 is 11.1. The van der Waals surface area contributed by atoms with Crippen molar-refractivity contribution in [3.63, 3.8) is 0 Å². The maximum Gasteiger partial charge on any atom is 0.334 e. The first-order valence-electron chi connectivity index (χ1n) is 8.42. The first kappa shape index (κ1) is 17.9. The van der Waals surface area contributed by atoms with E-state index >= 15 is 0 Å². The van der Waals surface area contributed by atoms with E-state index in [1.807, 2.05) is 0 Å². The van der Waals surface area contributed by atoms with Gasteiger partial charge in [0.1, 0.15) is 17.8 Å². The Labute approximate surface area is 146 Å². The fraction of sp³-hybridized carbons (Fsp3) is 0.579. The molecule has 0 aromatic carbocycles. The lowest BCUT2D eigenvalue weighted by Crippen LogP contribution is -2.51. The zero-order chi connectivity index (χ0) is 18.7. The van der Waals surface area contributed by atoms with Gasteiger partial charge in [0.2, 0.25) is 0 Å². The molecule has 6 atom stereocenters. The van der Waals surface area contributed by atoms with Gasteiger partial charge in [-0.1, -0.05) is 33.1 Å². The van der Waals surface area contributed by atoms with Crippen molar-refractivity contribution >= 4 is 11.9 Å². The Morgan fingerprint density at radius 1 is 1.36 bits per heavy atom. The summed E-state index contributed by atoms with van der Waals surface area (Å²) in [6.07, 6.45) is 1.54. The van der Waals surface area contributed by atoms with E-state index in [9.17, 15) is 19.8 Å². The molecule has 1 heterocycles. The van der Waals surface area contributed by atoms with Crippen molar-refractivity contribution in [3.8, 4) is 0 Å². The molecule has 3 aliphatic rings. The summed E-state index contributed by atoms with van der Waals surface area (Å²) in [5, 5.41) is 21.9. The molecule has 25 heavy (non-hydrogen) atoms. The van der Waals surface area contributed by atoms with E-state index in [0.29, 0.717) is 5.57 Å². The molecular formula is C19H24O6. The van der Waals surface area contributed by atoms with Crippen LogP contribution in [0.2, 0.25) is 0 Å². The molecule has 0 spiro atoms. The fourth-order valence-corrected chi connectivity index (χ4v) is 4.12. The van der Waals surface area contributed by atoms with Crippen molar-refractivity contribution in [1.29, 1.82) is 0 Å². The van der Waals surface area contributed by atoms with E-state index in [1.165, 1.54) is 12.2 Å². The summed E-state index contributed by atoms with van der Waals surface area (Å²) >= 11 is 0. The number of carbonyl (C=O) groups excluding carboxylic acids is 2. The average molecular weight is 348 g/mol. The normalized spacial score (nSPS) is 42.9. The highest BCUT2D eigenvalue weighted by Gasteiger charge is 2.63. The van der Waals surface area contributed by atoms with Crippen LogP contribution in [0.15, 0.2) is 36.5 Å². The second kappa shape index (κ2) is 5.54. The van der Waals surface area contributed by atoms with Crippen molar-refractivity contribution in [2.75, 3.05) is 0 Å². The number of hydrogen-bond donors (Lipinski definition) is 2. The second-order valence-electron chi connectivity index (χ2n) is 7.72. The quantitative estimate of drug-likeness (QED) is 0.444. The molecule has 2 aliphatic carbocycles. The first-order chi connectivity index (χ1) is 11.5. The molecule has 2 N–H and O–H groups in total. The van der Waals surface area contributed by atoms with E-state index in [4.69, 9.17) is 9.47 Å². The van der Waals surface area contributed by atoms with Gasteiger partial charge in [0.15, 0.2) is 0 Å². The van der Waals surface area contributed by atoms with Crippen molar-refractivity contribution in [3.05, 3.63) is 36.5 Å². The van der Waals surface area contributed by atoms with Crippen LogP contribution in [-0.4, -0.2) is 45.6 Å². The largest absolute Gasteiger partial charge is 0.461 e. The van der Waals surface area contributed by atoms with Crippen LogP contribution in [0.1, 0.15) is 27.2 Å². The molecule has 0 bridgehead atoms. The van der Waals surface area contributed by atoms with Crippen molar-refractivity contribution < 1.29 is 29.3 Å². The van der Waals surface area contributed by atoms with Gasteiger partial charge in [-0.3, -0.25) is 4.79 Å². The third-order valence-electron chi connectivity index (χ3n) is 5.52. The van der Waals surface area contributed by atoms with Crippen LogP contribution in [0, 0.1) is 17.8 Å². The van der Waals surface area contributed by atoms with Gasteiger partial charge in [-0.05, 0) is 18.6 Å². The molecule has 2 fully saturated rings. The number of ether oxygens (including phenoxy) is 2. The van der Waals surface area contributed by atoms with Crippen molar-refractivity contribution in [1.82, 2.24) is 0 Å². The summed E-state index contributed by atoms with van der Waals surface area (Å²) in [5.74, 6) is -2.84. The van der Waals surface area contributed by atoms with Crippen LogP contribution < -0.4 is 0 Å². The molecule has 1 saturated carbocycles. The Morgan fingerprint density at radius 2 is 2.00 bits per heavy atom. The van der Waals surface area contributed by atoms with Crippen molar-refractivity contribution in [2.24, 2.45) is 17.8 Å². The Hall–Kier alpha value is -1.92. The number of aliphatic hydroxyl groups is 2. The zero-order valence-corrected chi connectivity index (χ0v) is 14.7. The summed E-state index contributed by atoms with van der Waals surface area (Å²) in [6.45, 7) is 12.7. The highest BCUT2D eigenvalue weighted by molar-refractivity contribution is 5.91. The molecule has 0 aromatic heterocycles. The number of esters is 2. The Kier molecular flexibility index (Phi) is 3.96. The van der Waals surface area contributed by atoms with E-state index in [0.717, 1.165) is 0 Å². The Bertz CT molecular complexity index is 688. The average Bonchev–Trinajstić information content (AvgIpc) is 2.89. The van der Waals surface area contributed by atoms with Gasteiger partial charge in [0.05, 0.1) is 23.4 Å². The van der Waals surface area contributed by atoms with Gasteiger partial charge >= 0.3 is 11.9 Å². The monoisotopic (exact) mass is 348 g/mol. The molecule has 0 unspecified atom stereocenters. The third-order valence-corrected chi connectivity index (χ3v) is 5.52. The van der Waals surface area contributed by atoms with Gasteiger partial charge in [0, 0.05) is 12.0 Å². The van der Waals surface area contributed by atoms with Gasteiger partial charge < -0.3 is 19.7 Å². The number of hydrogen-bond acceptors (Lipinski definition) is 6. The molecule has 136 valence electrons. The highest BCUT2D eigenvalue weighted by Crippen LogP contribution is 2.53. The third kappa shape index (κ3) is 2.55. The predicted octanol–water partition coefficient (Wildman–Crippen LogP) is 1.28. The Balaban J connectivity index is 2.07. The summed E-state index contributed by atoms with van der Waals surface area (Å²) in [6, 6.07) is 0. The lowest BCUT2D eigenvalue weighted by atomic mass is 9.73. The smallest absolute Gasteiger partial charge is 0.334 e. The van der Waals surface area contributed by atoms with Crippen LogP contribution >= 0.6 is 0 Å². The first-order valence-corrected chi connectivity index (χ1v) is 8.42. The summed E-state index contributed by atoms with van der Waals surface area (Å²) in [7, 11) is 0. The number of carbonyl (C=O) groups is 2. The standard InChI is InChI=1S/C19H24O6/c1-9(2)16(20)24-12-8-10(3)19(23)7-6-18(5,22)15(19)14-13(12)11(4)17(21)25-14/h6-7,9,12-15,22-23H,3-4,8H2,1-2,5H3/t12-,13-,14+,15+,18+,19-/m1/s1. The molecule has 0 amide bonds. The number of fused-ring (bicyclic) bond motifs is 3. The lowest BCUT2D eigenvalue weighted by Gasteiger charge is -2.39. The topological polar surface area (TPSA) is 93.1 Å². The molecule has 1 saturated heterocycles. The maximum atomic E-state index is 12.1. The number of rotatable bonds is 2. The molecule has 6 nitrogen and oxygen atoms in total. The SMILES string of the molecule is C=C1C(=O)O[C@H]2[C@H]1[C@H](OC(=O)C(C)C)CC(=C)[C@]1(O)C=C[C@](C)(O)[C@H]21. The molecule has 6 heteroatoms. The molecule has 3 rings (SSSR count). The van der Waals surface area contributed by atoms with E-state index in [1.54, 1.807) is 20.8 Å². The predicted molar refractivity (Wildman–Crippen MR) is 89.2 cm³/mol. The molecule has 1 aliphatic heterocycles. The van der Waals surface area contributed by atoms with Crippen LogP contribution in [0.4, 0.5) is 0 Å². The van der Waals surface area contributed by atoms with E-state index < -0.39 is 47.2 Å². The molecular weight excluding hydrogens is 324 g/mol. The minimum Gasteiger partial charge on any atom is -0.461 e. The van der Waals surface area contributed by atoms with Crippen molar-refractivity contribution in [2.45, 2.75) is 50.6 Å². The highest BCUT2D eigenvalue weighted by atomic mass is 16.6. The maximum absolute atomic E-state index is 12.1. The van der Waals surface area contributed by atoms with Crippen LogP contribution in [0.25, 0.3) is 0 Å². The van der Waals surface area contributed by atoms with E-state index in [-0.39, 0.29) is 17.9 Å². The van der Waals surface area contributed by atoms with Gasteiger partial charge in [-0.25, -0.2) is 4.79 Å².